The quantitative estimate of drug-likeness (QED) is 0.915. The fourth-order valence-corrected chi connectivity index (χ4v) is 4.00. The van der Waals surface area contributed by atoms with Crippen molar-refractivity contribution in [2.24, 2.45) is 5.92 Å². The highest BCUT2D eigenvalue weighted by Crippen LogP contribution is 2.35. The molecule has 3 rings (SSSR count). The molecule has 1 aromatic heterocycles. The van der Waals surface area contributed by atoms with Crippen molar-refractivity contribution in [1.29, 1.82) is 0 Å². The number of amides is 1. The van der Waals surface area contributed by atoms with E-state index in [1.54, 1.807) is 0 Å². The summed E-state index contributed by atoms with van der Waals surface area (Å²) < 4.78 is 1.09. The maximum absolute atomic E-state index is 12.6. The van der Waals surface area contributed by atoms with E-state index in [-0.39, 0.29) is 5.91 Å². The predicted molar refractivity (Wildman–Crippen MR) is 85.2 cm³/mol. The van der Waals surface area contributed by atoms with Gasteiger partial charge in [-0.05, 0) is 24.8 Å². The molecular weight excluding hydrogens is 268 g/mol. The highest BCUT2D eigenvalue weighted by Gasteiger charge is 2.25. The monoisotopic (exact) mass is 288 g/mol. The zero-order valence-electron chi connectivity index (χ0n) is 11.8. The SMILES string of the molecule is CCC1CCN(C(=O)c2sc3ccccc3c2N)CC1. The molecule has 3 nitrogen and oxygen atoms in total. The molecule has 0 spiro atoms. The lowest BCUT2D eigenvalue weighted by atomic mass is 9.94. The van der Waals surface area contributed by atoms with E-state index in [0.717, 1.165) is 41.9 Å². The molecule has 106 valence electrons. The lowest BCUT2D eigenvalue weighted by Gasteiger charge is -2.31. The first-order valence-corrected chi connectivity index (χ1v) is 8.08. The highest BCUT2D eigenvalue weighted by molar-refractivity contribution is 7.21. The van der Waals surface area contributed by atoms with E-state index in [0.29, 0.717) is 10.6 Å². The Labute approximate surface area is 123 Å². The van der Waals surface area contributed by atoms with Crippen molar-refractivity contribution in [3.8, 4) is 0 Å². The molecule has 1 aromatic carbocycles. The van der Waals surface area contributed by atoms with Crippen LogP contribution in [0, 0.1) is 5.92 Å². The van der Waals surface area contributed by atoms with Crippen molar-refractivity contribution in [2.45, 2.75) is 26.2 Å². The van der Waals surface area contributed by atoms with Crippen LogP contribution in [0.15, 0.2) is 24.3 Å². The summed E-state index contributed by atoms with van der Waals surface area (Å²) in [6.45, 7) is 3.96. The number of nitrogen functional groups attached to an aromatic ring is 1. The Hall–Kier alpha value is -1.55. The number of anilines is 1. The van der Waals surface area contributed by atoms with E-state index in [4.69, 9.17) is 5.73 Å². The van der Waals surface area contributed by atoms with Gasteiger partial charge in [0.2, 0.25) is 0 Å². The van der Waals surface area contributed by atoms with Crippen LogP contribution in [-0.4, -0.2) is 23.9 Å². The molecule has 1 aliphatic rings. The van der Waals surface area contributed by atoms with E-state index in [9.17, 15) is 4.79 Å². The number of fused-ring (bicyclic) bond motifs is 1. The van der Waals surface area contributed by atoms with Gasteiger partial charge in [0, 0.05) is 23.2 Å². The molecule has 0 aliphatic carbocycles. The first-order valence-electron chi connectivity index (χ1n) is 7.27. The third-order valence-corrected chi connectivity index (χ3v) is 5.48. The molecule has 20 heavy (non-hydrogen) atoms. The summed E-state index contributed by atoms with van der Waals surface area (Å²) in [5.41, 5.74) is 6.81. The average Bonchev–Trinajstić information content (AvgIpc) is 2.84. The van der Waals surface area contributed by atoms with Crippen molar-refractivity contribution >= 4 is 33.0 Å². The van der Waals surface area contributed by atoms with Crippen LogP contribution < -0.4 is 5.73 Å². The molecule has 2 heterocycles. The first-order chi connectivity index (χ1) is 9.70. The van der Waals surface area contributed by atoms with Gasteiger partial charge in [0.05, 0.1) is 5.69 Å². The molecule has 1 aliphatic heterocycles. The molecular formula is C16H20N2OS. The van der Waals surface area contributed by atoms with E-state index in [2.05, 4.69) is 6.92 Å². The van der Waals surface area contributed by atoms with Gasteiger partial charge >= 0.3 is 0 Å². The van der Waals surface area contributed by atoms with Gasteiger partial charge < -0.3 is 10.6 Å². The van der Waals surface area contributed by atoms with Crippen LogP contribution in [0.4, 0.5) is 5.69 Å². The van der Waals surface area contributed by atoms with Crippen molar-refractivity contribution in [3.63, 3.8) is 0 Å². The highest BCUT2D eigenvalue weighted by atomic mass is 32.1. The molecule has 1 fully saturated rings. The third-order valence-electron chi connectivity index (χ3n) is 4.31. The number of carbonyl (C=O) groups is 1. The minimum Gasteiger partial charge on any atom is -0.397 e. The summed E-state index contributed by atoms with van der Waals surface area (Å²) in [5.74, 6) is 0.886. The number of rotatable bonds is 2. The van der Waals surface area contributed by atoms with Gasteiger partial charge in [-0.25, -0.2) is 0 Å². The van der Waals surface area contributed by atoms with Crippen LogP contribution in [0.5, 0.6) is 0 Å². The molecule has 1 saturated heterocycles. The Balaban J connectivity index is 1.84. The second kappa shape index (κ2) is 5.44. The van der Waals surface area contributed by atoms with E-state index >= 15 is 0 Å². The molecule has 0 bridgehead atoms. The molecule has 2 N–H and O–H groups in total. The van der Waals surface area contributed by atoms with Gasteiger partial charge in [-0.2, -0.15) is 0 Å². The maximum atomic E-state index is 12.6. The van der Waals surface area contributed by atoms with E-state index in [1.807, 2.05) is 29.2 Å². The first kappa shape index (κ1) is 13.4. The minimum absolute atomic E-state index is 0.109. The topological polar surface area (TPSA) is 46.3 Å². The van der Waals surface area contributed by atoms with Crippen molar-refractivity contribution in [2.75, 3.05) is 18.8 Å². The molecule has 0 saturated carbocycles. The molecule has 1 amide bonds. The van der Waals surface area contributed by atoms with Crippen LogP contribution in [-0.2, 0) is 0 Å². The summed E-state index contributed by atoms with van der Waals surface area (Å²) in [4.78, 5) is 15.3. The Morgan fingerprint density at radius 2 is 2.05 bits per heavy atom. The number of thiophene rings is 1. The summed E-state index contributed by atoms with van der Waals surface area (Å²) in [5, 5.41) is 1.00. The summed E-state index contributed by atoms with van der Waals surface area (Å²) >= 11 is 1.52. The zero-order chi connectivity index (χ0) is 14.1. The molecule has 4 heteroatoms. The third kappa shape index (κ3) is 2.29. The minimum atomic E-state index is 0.109. The van der Waals surface area contributed by atoms with Gasteiger partial charge in [-0.15, -0.1) is 11.3 Å². The van der Waals surface area contributed by atoms with Crippen LogP contribution in [0.25, 0.3) is 10.1 Å². The van der Waals surface area contributed by atoms with Crippen LogP contribution in [0.3, 0.4) is 0 Å². The Morgan fingerprint density at radius 1 is 1.35 bits per heavy atom. The Kier molecular flexibility index (Phi) is 3.66. The van der Waals surface area contributed by atoms with E-state index < -0.39 is 0 Å². The van der Waals surface area contributed by atoms with Gasteiger partial charge in [-0.1, -0.05) is 31.5 Å². The number of nitrogens with zero attached hydrogens (tertiary/aromatic N) is 1. The number of nitrogens with two attached hydrogens (primary N) is 1. The van der Waals surface area contributed by atoms with Crippen LogP contribution in [0.2, 0.25) is 0 Å². The number of hydrogen-bond acceptors (Lipinski definition) is 3. The van der Waals surface area contributed by atoms with Crippen molar-refractivity contribution < 1.29 is 4.79 Å². The lowest BCUT2D eigenvalue weighted by Crippen LogP contribution is -2.38. The van der Waals surface area contributed by atoms with Gasteiger partial charge in [-0.3, -0.25) is 4.79 Å². The standard InChI is InChI=1S/C16H20N2OS/c1-2-11-7-9-18(10-8-11)16(19)15-14(17)12-5-3-4-6-13(12)20-15/h3-6,11H,2,7-10,17H2,1H3. The fraction of sp³-hybridized carbons (Fsp3) is 0.438. The predicted octanol–water partition coefficient (Wildman–Crippen LogP) is 3.75. The molecule has 0 radical (unpaired) electrons. The lowest BCUT2D eigenvalue weighted by molar-refractivity contribution is 0.0695. The van der Waals surface area contributed by atoms with Crippen molar-refractivity contribution in [1.82, 2.24) is 4.90 Å². The van der Waals surface area contributed by atoms with Gasteiger partial charge in [0.15, 0.2) is 0 Å². The largest absolute Gasteiger partial charge is 0.397 e. The molecule has 2 aromatic rings. The molecule has 0 atom stereocenters. The van der Waals surface area contributed by atoms with Gasteiger partial charge in [0.1, 0.15) is 4.88 Å². The summed E-state index contributed by atoms with van der Waals surface area (Å²) in [7, 11) is 0. The molecule has 0 unspecified atom stereocenters. The van der Waals surface area contributed by atoms with Crippen molar-refractivity contribution in [3.05, 3.63) is 29.1 Å². The Bertz CT molecular complexity index is 626. The van der Waals surface area contributed by atoms with E-state index in [1.165, 1.54) is 17.8 Å². The average molecular weight is 288 g/mol. The zero-order valence-corrected chi connectivity index (χ0v) is 12.6. The number of benzene rings is 1. The number of carbonyl (C=O) groups excluding carboxylic acids is 1. The van der Waals surface area contributed by atoms with Crippen LogP contribution >= 0.6 is 11.3 Å². The second-order valence-electron chi connectivity index (χ2n) is 5.48. The Morgan fingerprint density at radius 3 is 2.70 bits per heavy atom. The maximum Gasteiger partial charge on any atom is 0.266 e. The van der Waals surface area contributed by atoms with Gasteiger partial charge in [0.25, 0.3) is 5.91 Å². The summed E-state index contributed by atoms with van der Waals surface area (Å²) in [6, 6.07) is 7.96. The number of hydrogen-bond donors (Lipinski definition) is 1. The number of likely N-dealkylation sites (tertiary alicyclic amines) is 1. The summed E-state index contributed by atoms with van der Waals surface area (Å²) in [6.07, 6.45) is 3.45. The fourth-order valence-electron chi connectivity index (χ4n) is 2.91. The smallest absolute Gasteiger partial charge is 0.266 e. The number of piperidine rings is 1. The normalized spacial score (nSPS) is 16.8. The van der Waals surface area contributed by atoms with Crippen LogP contribution in [0.1, 0.15) is 35.9 Å². The second-order valence-corrected chi connectivity index (χ2v) is 6.54.